The molecule has 3 aliphatic rings. The number of rotatable bonds is 3. The molecule has 4 rings (SSSR count). The number of aromatic nitrogens is 2. The summed E-state index contributed by atoms with van der Waals surface area (Å²) in [6.45, 7) is 5.60. The lowest BCUT2D eigenvalue weighted by Crippen LogP contribution is -2.35. The summed E-state index contributed by atoms with van der Waals surface area (Å²) in [4.78, 5) is 17.0. The van der Waals surface area contributed by atoms with E-state index in [9.17, 15) is 4.79 Å². The van der Waals surface area contributed by atoms with Crippen LogP contribution in [0.4, 0.5) is 0 Å². The monoisotopic (exact) mass is 304 g/mol. The van der Waals surface area contributed by atoms with Gasteiger partial charge in [0.15, 0.2) is 0 Å². The average molecular weight is 304 g/mol. The number of hydrogen-bond acceptors (Lipinski definition) is 4. The lowest BCUT2D eigenvalue weighted by Gasteiger charge is -2.23. The van der Waals surface area contributed by atoms with E-state index in [0.29, 0.717) is 18.2 Å². The normalized spacial score (nSPS) is 29.4. The first-order chi connectivity index (χ1) is 10.7. The Balaban J connectivity index is 1.40. The first kappa shape index (κ1) is 14.2. The van der Waals surface area contributed by atoms with Gasteiger partial charge in [-0.1, -0.05) is 0 Å². The first-order valence-electron chi connectivity index (χ1n) is 8.32. The second-order valence-electron chi connectivity index (χ2n) is 6.96. The van der Waals surface area contributed by atoms with Gasteiger partial charge in [-0.25, -0.2) is 0 Å². The number of hydrogen-bond donors (Lipinski definition) is 0. The minimum absolute atomic E-state index is 0.0333. The molecule has 0 radical (unpaired) electrons. The maximum absolute atomic E-state index is 12.5. The topological polar surface area (TPSA) is 50.6 Å². The van der Waals surface area contributed by atoms with E-state index in [4.69, 9.17) is 4.74 Å². The zero-order valence-electron chi connectivity index (χ0n) is 13.1. The fourth-order valence-corrected chi connectivity index (χ4v) is 3.65. The summed E-state index contributed by atoms with van der Waals surface area (Å²) in [5, 5.41) is 4.23. The fraction of sp³-hybridized carbons (Fsp3) is 0.750. The Bertz CT molecular complexity index is 554. The molecule has 3 heterocycles. The van der Waals surface area contributed by atoms with Crippen molar-refractivity contribution in [2.75, 3.05) is 39.3 Å². The van der Waals surface area contributed by atoms with Crippen molar-refractivity contribution < 1.29 is 9.53 Å². The molecule has 0 bridgehead atoms. The molecule has 120 valence electrons. The van der Waals surface area contributed by atoms with Gasteiger partial charge in [-0.3, -0.25) is 9.48 Å². The van der Waals surface area contributed by atoms with Crippen molar-refractivity contribution in [3.8, 4) is 0 Å². The molecule has 0 N–H and O–H groups in total. The molecule has 6 heteroatoms. The van der Waals surface area contributed by atoms with Gasteiger partial charge in [-0.15, -0.1) is 0 Å². The van der Waals surface area contributed by atoms with Crippen LogP contribution in [0.25, 0.3) is 0 Å². The highest BCUT2D eigenvalue weighted by Gasteiger charge is 2.39. The lowest BCUT2D eigenvalue weighted by atomic mass is 10.1. The summed E-state index contributed by atoms with van der Waals surface area (Å²) < 4.78 is 7.70. The van der Waals surface area contributed by atoms with Crippen LogP contribution in [-0.4, -0.2) is 70.9 Å². The van der Waals surface area contributed by atoms with E-state index in [-0.39, 0.29) is 12.0 Å². The molecule has 0 spiro atoms. The third-order valence-corrected chi connectivity index (χ3v) is 5.05. The summed E-state index contributed by atoms with van der Waals surface area (Å²) in [6, 6.07) is 1.79. The van der Waals surface area contributed by atoms with Gasteiger partial charge in [0.25, 0.3) is 5.91 Å². The lowest BCUT2D eigenvalue weighted by molar-refractivity contribution is 0.0482. The zero-order valence-corrected chi connectivity index (χ0v) is 13.1. The molecule has 0 aromatic carbocycles. The maximum Gasteiger partial charge on any atom is 0.274 e. The molecule has 1 aromatic rings. The molecular weight excluding hydrogens is 280 g/mol. The van der Waals surface area contributed by atoms with Crippen LogP contribution in [0.5, 0.6) is 0 Å². The molecule has 6 nitrogen and oxygen atoms in total. The number of aryl methyl sites for hydroxylation is 1. The van der Waals surface area contributed by atoms with Gasteiger partial charge < -0.3 is 14.5 Å². The molecule has 1 saturated carbocycles. The minimum atomic E-state index is 0.0333. The Morgan fingerprint density at radius 2 is 2.23 bits per heavy atom. The van der Waals surface area contributed by atoms with Crippen molar-refractivity contribution in [3.63, 3.8) is 0 Å². The number of amides is 1. The molecule has 2 aliphatic heterocycles. The summed E-state index contributed by atoms with van der Waals surface area (Å²) in [5.74, 6) is 1.38. The van der Waals surface area contributed by atoms with E-state index in [1.807, 2.05) is 18.1 Å². The predicted molar refractivity (Wildman–Crippen MR) is 81.5 cm³/mol. The average Bonchev–Trinajstić information content (AvgIpc) is 3.13. The number of likely N-dealkylation sites (tertiary alicyclic amines) is 1. The third kappa shape index (κ3) is 2.90. The van der Waals surface area contributed by atoms with Crippen LogP contribution in [0.1, 0.15) is 23.3 Å². The predicted octanol–water partition coefficient (Wildman–Crippen LogP) is 0.603. The Hall–Kier alpha value is -1.40. The van der Waals surface area contributed by atoms with Crippen LogP contribution in [0, 0.1) is 11.8 Å². The Labute approximate surface area is 131 Å². The van der Waals surface area contributed by atoms with Gasteiger partial charge in [0.1, 0.15) is 5.69 Å². The highest BCUT2D eigenvalue weighted by Crippen LogP contribution is 2.31. The summed E-state index contributed by atoms with van der Waals surface area (Å²) in [7, 11) is 1.84. The first-order valence-corrected chi connectivity index (χ1v) is 8.32. The van der Waals surface area contributed by atoms with Gasteiger partial charge in [-0.05, 0) is 24.8 Å². The number of fused-ring (bicyclic) bond motifs is 1. The van der Waals surface area contributed by atoms with Gasteiger partial charge in [0, 0.05) is 51.9 Å². The molecule has 1 aromatic heterocycles. The van der Waals surface area contributed by atoms with Gasteiger partial charge in [0.2, 0.25) is 0 Å². The molecule has 1 aliphatic carbocycles. The van der Waals surface area contributed by atoms with Crippen molar-refractivity contribution >= 4 is 5.91 Å². The van der Waals surface area contributed by atoms with Crippen LogP contribution >= 0.6 is 0 Å². The van der Waals surface area contributed by atoms with Crippen molar-refractivity contribution in [2.24, 2.45) is 18.9 Å². The summed E-state index contributed by atoms with van der Waals surface area (Å²) >= 11 is 0. The Morgan fingerprint density at radius 1 is 1.36 bits per heavy atom. The Kier molecular flexibility index (Phi) is 3.66. The smallest absolute Gasteiger partial charge is 0.274 e. The third-order valence-electron chi connectivity index (χ3n) is 5.05. The van der Waals surface area contributed by atoms with Crippen LogP contribution < -0.4 is 0 Å². The molecule has 3 fully saturated rings. The van der Waals surface area contributed by atoms with Crippen molar-refractivity contribution in [1.82, 2.24) is 19.6 Å². The van der Waals surface area contributed by atoms with Gasteiger partial charge in [0.05, 0.1) is 12.7 Å². The SMILES string of the molecule is Cn1ccc(C(=O)N2C[C@H]3CN(CC4CC4)CCO[C@H]3C2)n1. The van der Waals surface area contributed by atoms with Crippen molar-refractivity contribution in [1.29, 1.82) is 0 Å². The van der Waals surface area contributed by atoms with E-state index in [1.54, 1.807) is 10.7 Å². The standard InChI is InChI=1S/C16H24N4O2/c1-18-5-4-14(17-18)16(21)20-10-13-9-19(8-12-2-3-12)6-7-22-15(13)11-20/h4-5,12-13,15H,2-3,6-11H2,1H3/t13-,15+/m1/s1. The Morgan fingerprint density at radius 3 is 2.95 bits per heavy atom. The number of nitrogens with zero attached hydrogens (tertiary/aromatic N) is 4. The molecular formula is C16H24N4O2. The number of carbonyl (C=O) groups is 1. The second kappa shape index (κ2) is 5.66. The van der Waals surface area contributed by atoms with Gasteiger partial charge >= 0.3 is 0 Å². The van der Waals surface area contributed by atoms with E-state index >= 15 is 0 Å². The largest absolute Gasteiger partial charge is 0.375 e. The van der Waals surface area contributed by atoms with E-state index in [0.717, 1.165) is 32.2 Å². The summed E-state index contributed by atoms with van der Waals surface area (Å²) in [5.41, 5.74) is 0.536. The van der Waals surface area contributed by atoms with Gasteiger partial charge in [-0.2, -0.15) is 5.10 Å². The summed E-state index contributed by atoms with van der Waals surface area (Å²) in [6.07, 6.45) is 4.78. The van der Waals surface area contributed by atoms with E-state index in [1.165, 1.54) is 19.4 Å². The highest BCUT2D eigenvalue weighted by atomic mass is 16.5. The molecule has 2 saturated heterocycles. The number of ether oxygens (including phenoxy) is 1. The molecule has 2 atom stereocenters. The van der Waals surface area contributed by atoms with Crippen LogP contribution in [0.15, 0.2) is 12.3 Å². The maximum atomic E-state index is 12.5. The van der Waals surface area contributed by atoms with Crippen molar-refractivity contribution in [2.45, 2.75) is 18.9 Å². The van der Waals surface area contributed by atoms with Crippen LogP contribution in [-0.2, 0) is 11.8 Å². The molecule has 0 unspecified atom stereocenters. The fourth-order valence-electron chi connectivity index (χ4n) is 3.65. The van der Waals surface area contributed by atoms with E-state index < -0.39 is 0 Å². The molecule has 1 amide bonds. The van der Waals surface area contributed by atoms with Crippen LogP contribution in [0.2, 0.25) is 0 Å². The zero-order chi connectivity index (χ0) is 15.1. The highest BCUT2D eigenvalue weighted by molar-refractivity contribution is 5.92. The second-order valence-corrected chi connectivity index (χ2v) is 6.96. The minimum Gasteiger partial charge on any atom is -0.375 e. The number of carbonyl (C=O) groups excluding carboxylic acids is 1. The van der Waals surface area contributed by atoms with Crippen molar-refractivity contribution in [3.05, 3.63) is 18.0 Å². The molecule has 22 heavy (non-hydrogen) atoms. The van der Waals surface area contributed by atoms with Crippen LogP contribution in [0.3, 0.4) is 0 Å². The van der Waals surface area contributed by atoms with E-state index in [2.05, 4.69) is 10.00 Å². The quantitative estimate of drug-likeness (QED) is 0.821.